The zero-order valence-corrected chi connectivity index (χ0v) is 11.1. The Labute approximate surface area is 117 Å². The summed E-state index contributed by atoms with van der Waals surface area (Å²) in [6.45, 7) is 0.516. The molecule has 1 saturated carbocycles. The second kappa shape index (κ2) is 4.81. The molecule has 5 heteroatoms. The Hall–Kier alpha value is -2.04. The van der Waals surface area contributed by atoms with E-state index in [1.54, 1.807) is 4.90 Å². The highest BCUT2D eigenvalue weighted by atomic mass is 16.6. The van der Waals surface area contributed by atoms with Crippen molar-refractivity contribution in [3.63, 3.8) is 0 Å². The first-order valence-corrected chi connectivity index (χ1v) is 6.88. The first-order valence-electron chi connectivity index (χ1n) is 6.88. The number of aliphatic carboxylic acids is 1. The van der Waals surface area contributed by atoms with Gasteiger partial charge in [0.25, 0.3) is 0 Å². The number of para-hydroxylation sites is 1. The molecule has 1 aromatic carbocycles. The number of hydrogen-bond acceptors (Lipinski definition) is 3. The third kappa shape index (κ3) is 2.24. The Morgan fingerprint density at radius 2 is 1.90 bits per heavy atom. The molecule has 5 nitrogen and oxygen atoms in total. The Kier molecular flexibility index (Phi) is 3.12. The van der Waals surface area contributed by atoms with E-state index in [1.807, 2.05) is 30.3 Å². The maximum atomic E-state index is 12.1. The predicted molar refractivity (Wildman–Crippen MR) is 72.6 cm³/mol. The van der Waals surface area contributed by atoms with Crippen molar-refractivity contribution < 1.29 is 19.4 Å². The molecule has 1 N–H and O–H groups in total. The number of rotatable bonds is 2. The number of ether oxygens (including phenoxy) is 1. The molecular weight excluding hydrogens is 258 g/mol. The number of hydrogen-bond donors (Lipinski definition) is 1. The van der Waals surface area contributed by atoms with Crippen LogP contribution in [0.3, 0.4) is 0 Å². The molecule has 0 aromatic heterocycles. The summed E-state index contributed by atoms with van der Waals surface area (Å²) in [5.41, 5.74) is 0.327. The van der Waals surface area contributed by atoms with E-state index >= 15 is 0 Å². The number of carbonyl (C=O) groups excluding carboxylic acids is 1. The standard InChI is InChI=1S/C15H17NO4/c17-13(18)11-6-8-15(9-7-11)10-16(14(19)20-15)12-4-2-1-3-5-12/h1-5,11H,6-10H2,(H,17,18)/t11-,15+. The molecule has 1 aromatic rings. The first-order chi connectivity index (χ1) is 9.60. The normalized spacial score (nSPS) is 29.5. The highest BCUT2D eigenvalue weighted by molar-refractivity contribution is 5.90. The van der Waals surface area contributed by atoms with Crippen LogP contribution in [0.5, 0.6) is 0 Å². The molecule has 1 spiro atoms. The van der Waals surface area contributed by atoms with Crippen molar-refractivity contribution in [2.45, 2.75) is 31.3 Å². The lowest BCUT2D eigenvalue weighted by molar-refractivity contribution is -0.144. The van der Waals surface area contributed by atoms with Crippen molar-refractivity contribution in [1.82, 2.24) is 0 Å². The molecule has 0 atom stereocenters. The summed E-state index contributed by atoms with van der Waals surface area (Å²) in [5.74, 6) is -1.05. The van der Waals surface area contributed by atoms with Crippen molar-refractivity contribution >= 4 is 17.7 Å². The van der Waals surface area contributed by atoms with Crippen LogP contribution < -0.4 is 4.90 Å². The quantitative estimate of drug-likeness (QED) is 0.901. The summed E-state index contributed by atoms with van der Waals surface area (Å²) in [6.07, 6.45) is 2.07. The largest absolute Gasteiger partial charge is 0.481 e. The third-order valence-corrected chi connectivity index (χ3v) is 4.28. The number of amides is 1. The predicted octanol–water partition coefficient (Wildman–Crippen LogP) is 2.66. The Morgan fingerprint density at radius 3 is 2.50 bits per heavy atom. The Morgan fingerprint density at radius 1 is 1.25 bits per heavy atom. The molecule has 1 saturated heterocycles. The van der Waals surface area contributed by atoms with E-state index in [9.17, 15) is 9.59 Å². The highest BCUT2D eigenvalue weighted by Crippen LogP contribution is 2.40. The zero-order chi connectivity index (χ0) is 14.2. The summed E-state index contributed by atoms with van der Waals surface area (Å²) in [5, 5.41) is 9.03. The fourth-order valence-electron chi connectivity index (χ4n) is 3.08. The molecule has 1 heterocycles. The van der Waals surface area contributed by atoms with Crippen LogP contribution in [0.2, 0.25) is 0 Å². The number of benzene rings is 1. The number of carbonyl (C=O) groups is 2. The fourth-order valence-corrected chi connectivity index (χ4v) is 3.08. The molecule has 106 valence electrons. The molecule has 0 bridgehead atoms. The number of nitrogens with zero attached hydrogens (tertiary/aromatic N) is 1. The van der Waals surface area contributed by atoms with Gasteiger partial charge in [0.1, 0.15) is 5.60 Å². The van der Waals surface area contributed by atoms with Gasteiger partial charge in [-0.25, -0.2) is 4.79 Å². The molecule has 2 aliphatic rings. The van der Waals surface area contributed by atoms with Crippen molar-refractivity contribution in [2.75, 3.05) is 11.4 Å². The minimum absolute atomic E-state index is 0.301. The van der Waals surface area contributed by atoms with Crippen LogP contribution in [-0.2, 0) is 9.53 Å². The van der Waals surface area contributed by atoms with Gasteiger partial charge in [-0.2, -0.15) is 0 Å². The maximum absolute atomic E-state index is 12.1. The number of carboxylic acid groups (broad SMARTS) is 1. The molecule has 2 fully saturated rings. The fraction of sp³-hybridized carbons (Fsp3) is 0.467. The van der Waals surface area contributed by atoms with E-state index in [0.717, 1.165) is 5.69 Å². The molecule has 1 aliphatic heterocycles. The van der Waals surface area contributed by atoms with Crippen molar-refractivity contribution in [3.8, 4) is 0 Å². The average molecular weight is 275 g/mol. The van der Waals surface area contributed by atoms with Crippen molar-refractivity contribution in [3.05, 3.63) is 30.3 Å². The summed E-state index contributed by atoms with van der Waals surface area (Å²) < 4.78 is 5.58. The average Bonchev–Trinajstić information content (AvgIpc) is 2.77. The lowest BCUT2D eigenvalue weighted by Gasteiger charge is -2.33. The molecule has 3 rings (SSSR count). The summed E-state index contributed by atoms with van der Waals surface area (Å²) in [7, 11) is 0. The first kappa shape index (κ1) is 13.0. The summed E-state index contributed by atoms with van der Waals surface area (Å²) in [6, 6.07) is 9.43. The van der Waals surface area contributed by atoms with Gasteiger partial charge in [0.05, 0.1) is 12.5 Å². The molecular formula is C15H17NO4. The van der Waals surface area contributed by atoms with E-state index in [0.29, 0.717) is 32.2 Å². The zero-order valence-electron chi connectivity index (χ0n) is 11.1. The van der Waals surface area contributed by atoms with Gasteiger partial charge in [-0.05, 0) is 37.8 Å². The molecule has 0 unspecified atom stereocenters. The van der Waals surface area contributed by atoms with Crippen LogP contribution in [-0.4, -0.2) is 29.3 Å². The van der Waals surface area contributed by atoms with E-state index in [4.69, 9.17) is 9.84 Å². The number of anilines is 1. The van der Waals surface area contributed by atoms with Gasteiger partial charge in [-0.15, -0.1) is 0 Å². The maximum Gasteiger partial charge on any atom is 0.415 e. The molecule has 1 aliphatic carbocycles. The number of carboxylic acids is 1. The van der Waals surface area contributed by atoms with Crippen molar-refractivity contribution in [2.24, 2.45) is 5.92 Å². The van der Waals surface area contributed by atoms with Gasteiger partial charge in [0.15, 0.2) is 0 Å². The topological polar surface area (TPSA) is 66.8 Å². The SMILES string of the molecule is O=C1O[C@]2(CC[C@@H](C(=O)O)CC2)CN1c1ccccc1. The summed E-state index contributed by atoms with van der Waals surface area (Å²) >= 11 is 0. The van der Waals surface area contributed by atoms with Gasteiger partial charge in [0.2, 0.25) is 0 Å². The smallest absolute Gasteiger partial charge is 0.415 e. The molecule has 1 amide bonds. The van der Waals surface area contributed by atoms with Crippen molar-refractivity contribution in [1.29, 1.82) is 0 Å². The minimum Gasteiger partial charge on any atom is -0.481 e. The van der Waals surface area contributed by atoms with Gasteiger partial charge in [0, 0.05) is 5.69 Å². The minimum atomic E-state index is -0.746. The van der Waals surface area contributed by atoms with E-state index < -0.39 is 11.6 Å². The van der Waals surface area contributed by atoms with Gasteiger partial charge >= 0.3 is 12.1 Å². The van der Waals surface area contributed by atoms with Crippen LogP contribution in [0.1, 0.15) is 25.7 Å². The van der Waals surface area contributed by atoms with Gasteiger partial charge in [-0.1, -0.05) is 18.2 Å². The Bertz CT molecular complexity index is 520. The van der Waals surface area contributed by atoms with Crippen LogP contribution in [0.4, 0.5) is 10.5 Å². The second-order valence-corrected chi connectivity index (χ2v) is 5.59. The third-order valence-electron chi connectivity index (χ3n) is 4.28. The highest BCUT2D eigenvalue weighted by Gasteiger charge is 2.48. The monoisotopic (exact) mass is 275 g/mol. The Balaban J connectivity index is 1.73. The second-order valence-electron chi connectivity index (χ2n) is 5.59. The van der Waals surface area contributed by atoms with E-state index in [-0.39, 0.29) is 12.0 Å². The van der Waals surface area contributed by atoms with Crippen LogP contribution >= 0.6 is 0 Å². The van der Waals surface area contributed by atoms with Crippen LogP contribution in [0, 0.1) is 5.92 Å². The van der Waals surface area contributed by atoms with Crippen LogP contribution in [0.15, 0.2) is 30.3 Å². The van der Waals surface area contributed by atoms with Gasteiger partial charge < -0.3 is 9.84 Å². The lowest BCUT2D eigenvalue weighted by atomic mass is 9.79. The molecule has 0 radical (unpaired) electrons. The summed E-state index contributed by atoms with van der Waals surface area (Å²) in [4.78, 5) is 24.7. The van der Waals surface area contributed by atoms with Gasteiger partial charge in [-0.3, -0.25) is 9.69 Å². The molecule has 20 heavy (non-hydrogen) atoms. The van der Waals surface area contributed by atoms with E-state index in [1.165, 1.54) is 0 Å². The van der Waals surface area contributed by atoms with Crippen LogP contribution in [0.25, 0.3) is 0 Å². The lowest BCUT2D eigenvalue weighted by Crippen LogP contribution is -2.40. The van der Waals surface area contributed by atoms with E-state index in [2.05, 4.69) is 0 Å².